The van der Waals surface area contributed by atoms with Crippen molar-refractivity contribution < 1.29 is 22.4 Å². The molecular formula is C28H31ClFN3O4S. The van der Waals surface area contributed by atoms with Crippen molar-refractivity contribution in [2.45, 2.75) is 31.8 Å². The van der Waals surface area contributed by atoms with Gasteiger partial charge in [0.25, 0.3) is 0 Å². The molecule has 0 radical (unpaired) electrons. The third-order valence-corrected chi connectivity index (χ3v) is 7.46. The number of benzene rings is 3. The van der Waals surface area contributed by atoms with E-state index in [0.717, 1.165) is 21.7 Å². The average molecular weight is 560 g/mol. The average Bonchev–Trinajstić information content (AvgIpc) is 2.88. The molecule has 10 heteroatoms. The SMILES string of the molecule is CNC(=O)[C@@H](Cc1ccccc1)N(Cc1cccc(Cl)c1)C(=O)CCCN(c1ccc(F)cc1)S(C)(=O)=O. The first-order chi connectivity index (χ1) is 18.1. The predicted octanol–water partition coefficient (Wildman–Crippen LogP) is 4.41. The molecule has 2 amide bonds. The number of carbonyl (C=O) groups is 2. The fourth-order valence-corrected chi connectivity index (χ4v) is 5.34. The van der Waals surface area contributed by atoms with Crippen molar-refractivity contribution in [2.75, 3.05) is 24.2 Å². The van der Waals surface area contributed by atoms with Crippen LogP contribution in [0.4, 0.5) is 10.1 Å². The van der Waals surface area contributed by atoms with Crippen LogP contribution < -0.4 is 9.62 Å². The van der Waals surface area contributed by atoms with Crippen molar-refractivity contribution in [1.82, 2.24) is 10.2 Å². The smallest absolute Gasteiger partial charge is 0.242 e. The largest absolute Gasteiger partial charge is 0.357 e. The van der Waals surface area contributed by atoms with Crippen LogP contribution in [0.5, 0.6) is 0 Å². The Morgan fingerprint density at radius 2 is 1.63 bits per heavy atom. The van der Waals surface area contributed by atoms with Gasteiger partial charge in [-0.2, -0.15) is 0 Å². The van der Waals surface area contributed by atoms with Crippen LogP contribution >= 0.6 is 11.6 Å². The lowest BCUT2D eigenvalue weighted by atomic mass is 10.0. The molecule has 1 N–H and O–H groups in total. The van der Waals surface area contributed by atoms with Crippen LogP contribution in [0.1, 0.15) is 24.0 Å². The van der Waals surface area contributed by atoms with E-state index in [0.29, 0.717) is 17.1 Å². The second-order valence-electron chi connectivity index (χ2n) is 8.89. The van der Waals surface area contributed by atoms with E-state index in [-0.39, 0.29) is 37.7 Å². The molecule has 0 aliphatic heterocycles. The van der Waals surface area contributed by atoms with Gasteiger partial charge >= 0.3 is 0 Å². The van der Waals surface area contributed by atoms with Crippen molar-refractivity contribution in [3.8, 4) is 0 Å². The summed E-state index contributed by atoms with van der Waals surface area (Å²) in [6, 6.07) is 20.8. The van der Waals surface area contributed by atoms with Crippen molar-refractivity contribution >= 4 is 39.1 Å². The standard InChI is InChI=1S/C28H31ClFN3O4S/c1-31-28(35)26(19-21-8-4-3-5-9-21)32(20-22-10-6-11-23(29)18-22)27(34)12-7-17-33(38(2,36)37)25-15-13-24(30)14-16-25/h3-6,8-11,13-16,18,26H,7,12,17,19-20H2,1-2H3,(H,31,35)/t26-/m1/s1. The molecule has 0 unspecified atom stereocenters. The number of rotatable bonds is 12. The zero-order chi connectivity index (χ0) is 27.7. The van der Waals surface area contributed by atoms with Gasteiger partial charge in [0.15, 0.2) is 0 Å². The lowest BCUT2D eigenvalue weighted by Crippen LogP contribution is -2.49. The van der Waals surface area contributed by atoms with Gasteiger partial charge in [-0.1, -0.05) is 54.1 Å². The van der Waals surface area contributed by atoms with E-state index in [1.807, 2.05) is 36.4 Å². The highest BCUT2D eigenvalue weighted by molar-refractivity contribution is 7.92. The molecule has 0 saturated heterocycles. The topological polar surface area (TPSA) is 86.8 Å². The van der Waals surface area contributed by atoms with Gasteiger partial charge in [-0.3, -0.25) is 13.9 Å². The number of halogens is 2. The van der Waals surface area contributed by atoms with Crippen LogP contribution in [0.15, 0.2) is 78.9 Å². The summed E-state index contributed by atoms with van der Waals surface area (Å²) in [5.41, 5.74) is 1.96. The van der Waals surface area contributed by atoms with Gasteiger partial charge < -0.3 is 10.2 Å². The highest BCUT2D eigenvalue weighted by atomic mass is 35.5. The molecule has 0 fully saturated rings. The summed E-state index contributed by atoms with van der Waals surface area (Å²) in [5, 5.41) is 3.17. The quantitative estimate of drug-likeness (QED) is 0.356. The molecule has 0 aliphatic rings. The third-order valence-electron chi connectivity index (χ3n) is 6.03. The Morgan fingerprint density at radius 3 is 2.24 bits per heavy atom. The number of likely N-dealkylation sites (N-methyl/N-ethyl adjacent to an activating group) is 1. The summed E-state index contributed by atoms with van der Waals surface area (Å²) in [5.74, 6) is -1.09. The molecule has 38 heavy (non-hydrogen) atoms. The molecule has 3 rings (SSSR count). The van der Waals surface area contributed by atoms with Crippen LogP contribution in [0, 0.1) is 5.82 Å². The normalized spacial score (nSPS) is 12.0. The summed E-state index contributed by atoms with van der Waals surface area (Å²) < 4.78 is 39.3. The first-order valence-electron chi connectivity index (χ1n) is 12.1. The number of nitrogens with one attached hydrogen (secondary N) is 1. The Kier molecular flexibility index (Phi) is 10.3. The maximum atomic E-state index is 13.6. The fourth-order valence-electron chi connectivity index (χ4n) is 4.16. The van der Waals surface area contributed by atoms with E-state index in [1.165, 1.54) is 36.2 Å². The third kappa shape index (κ3) is 8.29. The molecule has 202 valence electrons. The summed E-state index contributed by atoms with van der Waals surface area (Å²) in [7, 11) is -2.15. The van der Waals surface area contributed by atoms with E-state index in [4.69, 9.17) is 11.6 Å². The van der Waals surface area contributed by atoms with E-state index in [9.17, 15) is 22.4 Å². The second-order valence-corrected chi connectivity index (χ2v) is 11.2. The first kappa shape index (κ1) is 29.1. The van der Waals surface area contributed by atoms with Crippen molar-refractivity contribution in [3.05, 3.63) is 101 Å². The zero-order valence-corrected chi connectivity index (χ0v) is 22.9. The first-order valence-corrected chi connectivity index (χ1v) is 14.3. The van der Waals surface area contributed by atoms with E-state index in [1.54, 1.807) is 18.2 Å². The summed E-state index contributed by atoms with van der Waals surface area (Å²) in [6.45, 7) is 0.169. The van der Waals surface area contributed by atoms with E-state index in [2.05, 4.69) is 5.32 Å². The Bertz CT molecular complexity index is 1340. The molecule has 0 aromatic heterocycles. The number of nitrogens with zero attached hydrogens (tertiary/aromatic N) is 2. The number of amides is 2. The molecule has 0 bridgehead atoms. The minimum Gasteiger partial charge on any atom is -0.357 e. The van der Waals surface area contributed by atoms with Gasteiger partial charge in [-0.15, -0.1) is 0 Å². The molecule has 3 aromatic rings. The Labute approximate surface area is 228 Å². The number of anilines is 1. The maximum absolute atomic E-state index is 13.6. The Hall–Kier alpha value is -3.43. The highest BCUT2D eigenvalue weighted by Gasteiger charge is 2.30. The van der Waals surface area contributed by atoms with Crippen molar-refractivity contribution in [3.63, 3.8) is 0 Å². The van der Waals surface area contributed by atoms with Crippen LogP contribution in [0.25, 0.3) is 0 Å². The van der Waals surface area contributed by atoms with Gasteiger partial charge in [0.2, 0.25) is 21.8 Å². The maximum Gasteiger partial charge on any atom is 0.242 e. The summed E-state index contributed by atoms with van der Waals surface area (Å²) in [6.07, 6.45) is 1.56. The number of carbonyl (C=O) groups excluding carboxylic acids is 2. The van der Waals surface area contributed by atoms with Crippen molar-refractivity contribution in [2.24, 2.45) is 0 Å². The Balaban J connectivity index is 1.84. The van der Waals surface area contributed by atoms with Gasteiger partial charge in [0.1, 0.15) is 11.9 Å². The van der Waals surface area contributed by atoms with Crippen LogP contribution in [-0.2, 0) is 32.6 Å². The van der Waals surface area contributed by atoms with Crippen LogP contribution in [0.2, 0.25) is 5.02 Å². The van der Waals surface area contributed by atoms with Gasteiger partial charge in [-0.25, -0.2) is 12.8 Å². The fraction of sp³-hybridized carbons (Fsp3) is 0.286. The van der Waals surface area contributed by atoms with Gasteiger partial charge in [0.05, 0.1) is 11.9 Å². The summed E-state index contributed by atoms with van der Waals surface area (Å²) >= 11 is 6.17. The molecule has 1 atom stereocenters. The lowest BCUT2D eigenvalue weighted by molar-refractivity contribution is -0.141. The molecule has 0 saturated carbocycles. The van der Waals surface area contributed by atoms with Crippen LogP contribution in [0.3, 0.4) is 0 Å². The van der Waals surface area contributed by atoms with E-state index < -0.39 is 21.9 Å². The highest BCUT2D eigenvalue weighted by Crippen LogP contribution is 2.21. The minimum absolute atomic E-state index is 0.00390. The lowest BCUT2D eigenvalue weighted by Gasteiger charge is -2.31. The zero-order valence-electron chi connectivity index (χ0n) is 21.3. The molecule has 0 aliphatic carbocycles. The number of hydrogen-bond acceptors (Lipinski definition) is 4. The molecule has 0 heterocycles. The molecule has 7 nitrogen and oxygen atoms in total. The second kappa shape index (κ2) is 13.4. The van der Waals surface area contributed by atoms with Gasteiger partial charge in [0, 0.05) is 38.0 Å². The molecule has 3 aromatic carbocycles. The minimum atomic E-state index is -3.67. The Morgan fingerprint density at radius 1 is 0.974 bits per heavy atom. The number of hydrogen-bond donors (Lipinski definition) is 1. The van der Waals surface area contributed by atoms with Crippen molar-refractivity contribution in [1.29, 1.82) is 0 Å². The molecule has 0 spiro atoms. The van der Waals surface area contributed by atoms with E-state index >= 15 is 0 Å². The predicted molar refractivity (Wildman–Crippen MR) is 148 cm³/mol. The molecular weight excluding hydrogens is 529 g/mol. The number of sulfonamides is 1. The summed E-state index contributed by atoms with van der Waals surface area (Å²) in [4.78, 5) is 28.1. The van der Waals surface area contributed by atoms with Crippen LogP contribution in [-0.4, -0.2) is 51.0 Å². The van der Waals surface area contributed by atoms with Gasteiger partial charge in [-0.05, 0) is 53.9 Å². The monoisotopic (exact) mass is 559 g/mol.